The van der Waals surface area contributed by atoms with Crippen LogP contribution in [-0.2, 0) is 17.9 Å². The van der Waals surface area contributed by atoms with Gasteiger partial charge in [-0.2, -0.15) is 11.8 Å². The standard InChI is InChI=1S/C18H23NO3S2/c1-4-19(18(20)13-23-3)11-14-7-8-16(17(10-14)21-2)22-12-15-6-5-9-24-15/h5-10H,4,11-13H2,1-3H3. The van der Waals surface area contributed by atoms with Crippen LogP contribution in [0, 0.1) is 0 Å². The fraction of sp³-hybridized carbons (Fsp3) is 0.389. The molecule has 2 rings (SSSR count). The van der Waals surface area contributed by atoms with Crippen molar-refractivity contribution in [3.05, 3.63) is 46.2 Å². The number of thioether (sulfide) groups is 1. The molecule has 0 N–H and O–H groups in total. The Morgan fingerprint density at radius 3 is 2.75 bits per heavy atom. The van der Waals surface area contributed by atoms with Crippen molar-refractivity contribution in [1.29, 1.82) is 0 Å². The van der Waals surface area contributed by atoms with E-state index in [1.54, 1.807) is 30.2 Å². The first-order valence-corrected chi connectivity index (χ1v) is 10.0. The van der Waals surface area contributed by atoms with E-state index in [0.29, 0.717) is 36.9 Å². The molecular formula is C18H23NO3S2. The predicted molar refractivity (Wildman–Crippen MR) is 101 cm³/mol. The van der Waals surface area contributed by atoms with Crippen LogP contribution in [0.1, 0.15) is 17.4 Å². The summed E-state index contributed by atoms with van der Waals surface area (Å²) >= 11 is 3.21. The van der Waals surface area contributed by atoms with Gasteiger partial charge in [0.05, 0.1) is 12.9 Å². The Hall–Kier alpha value is -1.66. The summed E-state index contributed by atoms with van der Waals surface area (Å²) in [6.07, 6.45) is 1.94. The van der Waals surface area contributed by atoms with Crippen molar-refractivity contribution in [2.24, 2.45) is 0 Å². The van der Waals surface area contributed by atoms with Gasteiger partial charge in [-0.1, -0.05) is 12.1 Å². The first kappa shape index (κ1) is 18.7. The number of methoxy groups -OCH3 is 1. The van der Waals surface area contributed by atoms with Crippen LogP contribution < -0.4 is 9.47 Å². The van der Waals surface area contributed by atoms with Crippen molar-refractivity contribution in [1.82, 2.24) is 4.90 Å². The zero-order chi connectivity index (χ0) is 17.4. The largest absolute Gasteiger partial charge is 0.493 e. The molecule has 0 radical (unpaired) electrons. The average molecular weight is 366 g/mol. The van der Waals surface area contributed by atoms with Crippen LogP contribution in [0.2, 0.25) is 0 Å². The van der Waals surface area contributed by atoms with Gasteiger partial charge in [0.1, 0.15) is 6.61 Å². The van der Waals surface area contributed by atoms with Crippen LogP contribution in [0.4, 0.5) is 0 Å². The molecule has 6 heteroatoms. The molecule has 0 aliphatic rings. The second-order valence-electron chi connectivity index (χ2n) is 5.19. The lowest BCUT2D eigenvalue weighted by molar-refractivity contribution is -0.128. The summed E-state index contributed by atoms with van der Waals surface area (Å²) in [6.45, 7) is 3.80. The van der Waals surface area contributed by atoms with Gasteiger partial charge in [-0.15, -0.1) is 11.3 Å². The molecule has 0 spiro atoms. The molecule has 0 unspecified atom stereocenters. The molecule has 0 saturated heterocycles. The van der Waals surface area contributed by atoms with E-state index in [2.05, 4.69) is 0 Å². The van der Waals surface area contributed by atoms with E-state index in [0.717, 1.165) is 5.56 Å². The third-order valence-corrected chi connectivity index (χ3v) is 4.94. The lowest BCUT2D eigenvalue weighted by Gasteiger charge is -2.21. The minimum atomic E-state index is 0.155. The van der Waals surface area contributed by atoms with Crippen LogP contribution in [0.25, 0.3) is 0 Å². The van der Waals surface area contributed by atoms with Gasteiger partial charge >= 0.3 is 0 Å². The smallest absolute Gasteiger partial charge is 0.232 e. The van der Waals surface area contributed by atoms with Crippen LogP contribution in [0.3, 0.4) is 0 Å². The highest BCUT2D eigenvalue weighted by molar-refractivity contribution is 7.99. The maximum absolute atomic E-state index is 12.1. The quantitative estimate of drug-likeness (QED) is 0.672. The molecule has 0 saturated carbocycles. The number of hydrogen-bond donors (Lipinski definition) is 0. The summed E-state index contributed by atoms with van der Waals surface area (Å²) in [7, 11) is 1.63. The van der Waals surface area contributed by atoms with Crippen LogP contribution in [-0.4, -0.2) is 36.5 Å². The molecule has 24 heavy (non-hydrogen) atoms. The molecule has 0 aliphatic carbocycles. The molecule has 130 valence electrons. The number of nitrogens with zero attached hydrogens (tertiary/aromatic N) is 1. The second kappa shape index (κ2) is 9.59. The van der Waals surface area contributed by atoms with Gasteiger partial charge in [0.15, 0.2) is 11.5 Å². The van der Waals surface area contributed by atoms with Crippen LogP contribution in [0.15, 0.2) is 35.7 Å². The Bertz CT molecular complexity index is 644. The summed E-state index contributed by atoms with van der Waals surface area (Å²) < 4.78 is 11.3. The fourth-order valence-electron chi connectivity index (χ4n) is 2.28. The minimum absolute atomic E-state index is 0.155. The number of rotatable bonds is 9. The summed E-state index contributed by atoms with van der Waals surface area (Å²) in [5, 5.41) is 2.03. The van der Waals surface area contributed by atoms with E-state index in [1.807, 2.05) is 53.8 Å². The number of thiophene rings is 1. The molecule has 1 aromatic heterocycles. The van der Waals surface area contributed by atoms with E-state index in [4.69, 9.17) is 9.47 Å². The highest BCUT2D eigenvalue weighted by atomic mass is 32.2. The van der Waals surface area contributed by atoms with Crippen molar-refractivity contribution in [2.45, 2.75) is 20.1 Å². The maximum atomic E-state index is 12.1. The Kier molecular flexibility index (Phi) is 7.46. The van der Waals surface area contributed by atoms with Gasteiger partial charge in [-0.05, 0) is 42.3 Å². The molecule has 1 amide bonds. The molecular weight excluding hydrogens is 342 g/mol. The maximum Gasteiger partial charge on any atom is 0.232 e. The Morgan fingerprint density at radius 2 is 2.12 bits per heavy atom. The molecule has 2 aromatic rings. The number of ether oxygens (including phenoxy) is 2. The van der Waals surface area contributed by atoms with E-state index in [9.17, 15) is 4.79 Å². The van der Waals surface area contributed by atoms with Crippen molar-refractivity contribution in [3.63, 3.8) is 0 Å². The van der Waals surface area contributed by atoms with Crippen molar-refractivity contribution in [3.8, 4) is 11.5 Å². The molecule has 0 bridgehead atoms. The lowest BCUT2D eigenvalue weighted by atomic mass is 10.2. The normalized spacial score (nSPS) is 10.5. The molecule has 0 fully saturated rings. The number of hydrogen-bond acceptors (Lipinski definition) is 5. The zero-order valence-electron chi connectivity index (χ0n) is 14.3. The van der Waals surface area contributed by atoms with E-state index in [-0.39, 0.29) is 5.91 Å². The SMILES string of the molecule is CCN(Cc1ccc(OCc2cccs2)c(OC)c1)C(=O)CSC. The van der Waals surface area contributed by atoms with E-state index < -0.39 is 0 Å². The lowest BCUT2D eigenvalue weighted by Crippen LogP contribution is -2.31. The summed E-state index contributed by atoms with van der Waals surface area (Å²) in [5.74, 6) is 2.07. The van der Waals surface area contributed by atoms with Crippen molar-refractivity contribution in [2.75, 3.05) is 25.7 Å². The first-order valence-electron chi connectivity index (χ1n) is 7.76. The van der Waals surface area contributed by atoms with Gasteiger partial charge in [0.25, 0.3) is 0 Å². The van der Waals surface area contributed by atoms with Gasteiger partial charge in [-0.3, -0.25) is 4.79 Å². The molecule has 0 atom stereocenters. The van der Waals surface area contributed by atoms with Crippen molar-refractivity contribution < 1.29 is 14.3 Å². The minimum Gasteiger partial charge on any atom is -0.493 e. The van der Waals surface area contributed by atoms with Gasteiger partial charge < -0.3 is 14.4 Å². The highest BCUT2D eigenvalue weighted by Crippen LogP contribution is 2.29. The van der Waals surface area contributed by atoms with Gasteiger partial charge in [-0.25, -0.2) is 0 Å². The highest BCUT2D eigenvalue weighted by Gasteiger charge is 2.13. The average Bonchev–Trinajstić information content (AvgIpc) is 3.11. The predicted octanol–water partition coefficient (Wildman–Crippen LogP) is 4.05. The molecule has 1 heterocycles. The number of carbonyl (C=O) groups excluding carboxylic acids is 1. The molecule has 1 aromatic carbocycles. The van der Waals surface area contributed by atoms with Crippen molar-refractivity contribution >= 4 is 29.0 Å². The van der Waals surface area contributed by atoms with Crippen LogP contribution >= 0.6 is 23.1 Å². The second-order valence-corrected chi connectivity index (χ2v) is 7.09. The van der Waals surface area contributed by atoms with Gasteiger partial charge in [0.2, 0.25) is 5.91 Å². The molecule has 0 aliphatic heterocycles. The fourth-order valence-corrected chi connectivity index (χ4v) is 3.33. The number of benzene rings is 1. The monoisotopic (exact) mass is 365 g/mol. The summed E-state index contributed by atoms with van der Waals surface area (Å²) in [4.78, 5) is 15.1. The topological polar surface area (TPSA) is 38.8 Å². The summed E-state index contributed by atoms with van der Waals surface area (Å²) in [5.41, 5.74) is 1.03. The van der Waals surface area contributed by atoms with E-state index in [1.165, 1.54) is 4.88 Å². The first-order chi connectivity index (χ1) is 11.7. The third-order valence-electron chi connectivity index (χ3n) is 3.55. The Labute approximate surface area is 151 Å². The summed E-state index contributed by atoms with van der Waals surface area (Å²) in [6, 6.07) is 9.89. The van der Waals surface area contributed by atoms with E-state index >= 15 is 0 Å². The number of amides is 1. The Morgan fingerprint density at radius 1 is 1.29 bits per heavy atom. The zero-order valence-corrected chi connectivity index (χ0v) is 15.9. The van der Waals surface area contributed by atoms with Crippen LogP contribution in [0.5, 0.6) is 11.5 Å². The Balaban J connectivity index is 2.05. The number of carbonyl (C=O) groups is 1. The third kappa shape index (κ3) is 5.18. The van der Waals surface area contributed by atoms with Gasteiger partial charge in [0, 0.05) is 18.0 Å². The molecule has 4 nitrogen and oxygen atoms in total.